The van der Waals surface area contributed by atoms with Gasteiger partial charge in [0.05, 0.1) is 13.2 Å². The van der Waals surface area contributed by atoms with Crippen molar-refractivity contribution < 1.29 is 9.47 Å². The summed E-state index contributed by atoms with van der Waals surface area (Å²) in [6, 6.07) is 17.0. The van der Waals surface area contributed by atoms with Gasteiger partial charge < -0.3 is 20.1 Å². The fraction of sp³-hybridized carbons (Fsp3) is 0.480. The Morgan fingerprint density at radius 3 is 2.57 bits per heavy atom. The van der Waals surface area contributed by atoms with E-state index in [1.807, 2.05) is 19.2 Å². The van der Waals surface area contributed by atoms with E-state index >= 15 is 0 Å². The highest BCUT2D eigenvalue weighted by Crippen LogP contribution is 2.33. The van der Waals surface area contributed by atoms with Gasteiger partial charge in [0.25, 0.3) is 0 Å². The van der Waals surface area contributed by atoms with Gasteiger partial charge in [-0.2, -0.15) is 0 Å². The molecule has 1 aliphatic rings. The number of nitrogens with zero attached hydrogens (tertiary/aromatic N) is 1. The molecular formula is C25H35N3O2. The minimum atomic E-state index is 0.153. The second-order valence-corrected chi connectivity index (χ2v) is 7.94. The molecule has 0 radical (unpaired) electrons. The van der Waals surface area contributed by atoms with Crippen LogP contribution in [0.5, 0.6) is 5.75 Å². The maximum Gasteiger partial charge on any atom is 0.190 e. The molecule has 2 N–H and O–H groups in total. The van der Waals surface area contributed by atoms with Crippen molar-refractivity contribution in [1.82, 2.24) is 10.6 Å². The Balaban J connectivity index is 1.43. The molecule has 162 valence electrons. The first kappa shape index (κ1) is 22.2. The molecule has 2 aromatic rings. The van der Waals surface area contributed by atoms with E-state index in [4.69, 9.17) is 9.47 Å². The number of ether oxygens (including phenoxy) is 2. The molecule has 5 nitrogen and oxygen atoms in total. The van der Waals surface area contributed by atoms with Crippen LogP contribution in [0.15, 0.2) is 53.5 Å². The molecule has 2 aromatic carbocycles. The predicted octanol–water partition coefficient (Wildman–Crippen LogP) is 4.27. The van der Waals surface area contributed by atoms with E-state index in [0.717, 1.165) is 50.7 Å². The number of aryl methyl sites for hydroxylation is 2. The van der Waals surface area contributed by atoms with Crippen LogP contribution in [0.25, 0.3) is 0 Å². The maximum absolute atomic E-state index is 6.14. The van der Waals surface area contributed by atoms with Crippen LogP contribution in [-0.4, -0.2) is 39.8 Å². The molecule has 30 heavy (non-hydrogen) atoms. The number of rotatable bonds is 8. The van der Waals surface area contributed by atoms with Crippen LogP contribution in [0, 0.1) is 12.8 Å². The van der Waals surface area contributed by atoms with Crippen molar-refractivity contribution in [3.8, 4) is 5.75 Å². The number of benzene rings is 2. The van der Waals surface area contributed by atoms with Crippen molar-refractivity contribution in [2.24, 2.45) is 10.9 Å². The quantitative estimate of drug-likeness (QED) is 0.388. The Hall–Kier alpha value is -2.53. The molecule has 0 bridgehead atoms. The molecule has 5 heteroatoms. The van der Waals surface area contributed by atoms with Gasteiger partial charge in [-0.1, -0.05) is 42.0 Å². The lowest BCUT2D eigenvalue weighted by atomic mass is 9.89. The van der Waals surface area contributed by atoms with Crippen LogP contribution < -0.4 is 15.4 Å². The second-order valence-electron chi connectivity index (χ2n) is 7.94. The van der Waals surface area contributed by atoms with E-state index in [9.17, 15) is 0 Å². The topological polar surface area (TPSA) is 54.9 Å². The van der Waals surface area contributed by atoms with Gasteiger partial charge in [-0.05, 0) is 55.9 Å². The zero-order valence-corrected chi connectivity index (χ0v) is 18.5. The Kier molecular flexibility index (Phi) is 8.57. The van der Waals surface area contributed by atoms with E-state index in [1.54, 1.807) is 7.11 Å². The summed E-state index contributed by atoms with van der Waals surface area (Å²) < 4.78 is 11.4. The molecule has 1 aliphatic heterocycles. The molecule has 1 saturated heterocycles. The summed E-state index contributed by atoms with van der Waals surface area (Å²) in [6.45, 7) is 4.70. The van der Waals surface area contributed by atoms with Gasteiger partial charge in [-0.3, -0.25) is 4.99 Å². The zero-order chi connectivity index (χ0) is 21.2. The summed E-state index contributed by atoms with van der Waals surface area (Å²) in [5, 5.41) is 6.94. The first-order valence-corrected chi connectivity index (χ1v) is 10.9. The zero-order valence-electron chi connectivity index (χ0n) is 18.5. The first-order chi connectivity index (χ1) is 14.7. The van der Waals surface area contributed by atoms with Crippen molar-refractivity contribution in [2.75, 3.05) is 33.9 Å². The summed E-state index contributed by atoms with van der Waals surface area (Å²) in [6.07, 6.45) is 4.51. The molecule has 3 rings (SSSR count). The predicted molar refractivity (Wildman–Crippen MR) is 123 cm³/mol. The Morgan fingerprint density at radius 2 is 1.87 bits per heavy atom. The molecule has 1 heterocycles. The van der Waals surface area contributed by atoms with Gasteiger partial charge in [0, 0.05) is 32.7 Å². The molecular weight excluding hydrogens is 374 g/mol. The van der Waals surface area contributed by atoms with Crippen molar-refractivity contribution in [3.63, 3.8) is 0 Å². The standard InChI is InChI=1S/C25H35N3O2/c1-19-8-12-21(13-9-19)24-22(7-5-17-30-24)18-28-25(26-2)27-16-4-6-20-10-14-23(29-3)15-11-20/h8-15,22,24H,4-7,16-18H2,1-3H3,(H2,26,27,28). The number of guanidine groups is 1. The van der Waals surface area contributed by atoms with Crippen LogP contribution >= 0.6 is 0 Å². The summed E-state index contributed by atoms with van der Waals surface area (Å²) in [4.78, 5) is 4.39. The average molecular weight is 410 g/mol. The van der Waals surface area contributed by atoms with Gasteiger partial charge in [0.1, 0.15) is 5.75 Å². The lowest BCUT2D eigenvalue weighted by molar-refractivity contribution is -0.0265. The summed E-state index contributed by atoms with van der Waals surface area (Å²) in [5.41, 5.74) is 3.87. The number of hydrogen-bond donors (Lipinski definition) is 2. The van der Waals surface area contributed by atoms with E-state index < -0.39 is 0 Å². The fourth-order valence-corrected chi connectivity index (χ4v) is 3.92. The number of methoxy groups -OCH3 is 1. The summed E-state index contributed by atoms with van der Waals surface area (Å²) in [7, 11) is 3.52. The third-order valence-corrected chi connectivity index (χ3v) is 5.70. The minimum absolute atomic E-state index is 0.153. The van der Waals surface area contributed by atoms with E-state index in [0.29, 0.717) is 5.92 Å². The van der Waals surface area contributed by atoms with Gasteiger partial charge in [0.2, 0.25) is 0 Å². The highest BCUT2D eigenvalue weighted by molar-refractivity contribution is 5.79. The molecule has 0 spiro atoms. The SMILES string of the molecule is CN=C(NCCCc1ccc(OC)cc1)NCC1CCCOC1c1ccc(C)cc1. The molecule has 0 amide bonds. The van der Waals surface area contributed by atoms with Crippen LogP contribution in [-0.2, 0) is 11.2 Å². The smallest absolute Gasteiger partial charge is 0.190 e. The maximum atomic E-state index is 6.14. The van der Waals surface area contributed by atoms with Gasteiger partial charge in [-0.15, -0.1) is 0 Å². The van der Waals surface area contributed by atoms with E-state index in [2.05, 4.69) is 58.9 Å². The third kappa shape index (κ3) is 6.49. The Morgan fingerprint density at radius 1 is 1.10 bits per heavy atom. The lowest BCUT2D eigenvalue weighted by Crippen LogP contribution is -2.42. The highest BCUT2D eigenvalue weighted by Gasteiger charge is 2.27. The Bertz CT molecular complexity index is 787. The van der Waals surface area contributed by atoms with Gasteiger partial charge >= 0.3 is 0 Å². The van der Waals surface area contributed by atoms with Crippen molar-refractivity contribution >= 4 is 5.96 Å². The largest absolute Gasteiger partial charge is 0.497 e. The molecule has 2 unspecified atom stereocenters. The van der Waals surface area contributed by atoms with Crippen LogP contribution in [0.3, 0.4) is 0 Å². The molecule has 1 fully saturated rings. The number of hydrogen-bond acceptors (Lipinski definition) is 3. The van der Waals surface area contributed by atoms with Crippen LogP contribution in [0.4, 0.5) is 0 Å². The Labute approximate surface area is 180 Å². The first-order valence-electron chi connectivity index (χ1n) is 10.9. The van der Waals surface area contributed by atoms with Crippen molar-refractivity contribution in [3.05, 3.63) is 65.2 Å². The van der Waals surface area contributed by atoms with E-state index in [-0.39, 0.29) is 6.10 Å². The normalized spacial score (nSPS) is 19.4. The van der Waals surface area contributed by atoms with E-state index in [1.165, 1.54) is 23.1 Å². The number of nitrogens with one attached hydrogen (secondary N) is 2. The summed E-state index contributed by atoms with van der Waals surface area (Å²) in [5.74, 6) is 2.20. The summed E-state index contributed by atoms with van der Waals surface area (Å²) >= 11 is 0. The van der Waals surface area contributed by atoms with Gasteiger partial charge in [-0.25, -0.2) is 0 Å². The third-order valence-electron chi connectivity index (χ3n) is 5.70. The average Bonchev–Trinajstić information content (AvgIpc) is 2.80. The lowest BCUT2D eigenvalue weighted by Gasteiger charge is -2.32. The number of aliphatic imine (C=N–C) groups is 1. The highest BCUT2D eigenvalue weighted by atomic mass is 16.5. The molecule has 0 aliphatic carbocycles. The molecule has 0 aromatic heterocycles. The molecule has 0 saturated carbocycles. The van der Waals surface area contributed by atoms with Crippen molar-refractivity contribution in [2.45, 2.75) is 38.7 Å². The van der Waals surface area contributed by atoms with Crippen LogP contribution in [0.2, 0.25) is 0 Å². The van der Waals surface area contributed by atoms with Crippen LogP contribution in [0.1, 0.15) is 42.1 Å². The fourth-order valence-electron chi connectivity index (χ4n) is 3.92. The minimum Gasteiger partial charge on any atom is -0.497 e. The molecule has 2 atom stereocenters. The van der Waals surface area contributed by atoms with Crippen molar-refractivity contribution in [1.29, 1.82) is 0 Å². The monoisotopic (exact) mass is 409 g/mol. The van der Waals surface area contributed by atoms with Gasteiger partial charge in [0.15, 0.2) is 5.96 Å². The second kappa shape index (κ2) is 11.6.